The summed E-state index contributed by atoms with van der Waals surface area (Å²) in [5.74, 6) is -2.38. The van der Waals surface area contributed by atoms with Crippen LogP contribution >= 0.6 is 11.6 Å². The van der Waals surface area contributed by atoms with Crippen LogP contribution in [0.5, 0.6) is 0 Å². The maximum Gasteiger partial charge on any atom is 0.329 e. The molecule has 21 heavy (non-hydrogen) atoms. The third-order valence-electron chi connectivity index (χ3n) is 4.48. The summed E-state index contributed by atoms with van der Waals surface area (Å²) in [7, 11) is 0. The third-order valence-corrected chi connectivity index (χ3v) is 4.81. The van der Waals surface area contributed by atoms with Gasteiger partial charge in [-0.15, -0.1) is 0 Å². The molecule has 0 aromatic heterocycles. The van der Waals surface area contributed by atoms with E-state index in [9.17, 15) is 19.1 Å². The Kier molecular flexibility index (Phi) is 3.40. The highest BCUT2D eigenvalue weighted by Crippen LogP contribution is 2.51. The van der Waals surface area contributed by atoms with E-state index in [1.807, 2.05) is 0 Å². The molecule has 2 atom stereocenters. The summed E-state index contributed by atoms with van der Waals surface area (Å²) in [6, 6.07) is 4.43. The van der Waals surface area contributed by atoms with Crippen LogP contribution in [0, 0.1) is 11.7 Å². The average Bonchev–Trinajstić information content (AvgIpc) is 3.13. The number of hydrogen-bond acceptors (Lipinski definition) is 2. The van der Waals surface area contributed by atoms with Crippen molar-refractivity contribution in [2.24, 2.45) is 5.92 Å². The summed E-state index contributed by atoms with van der Waals surface area (Å²) >= 11 is 5.99. The Balaban J connectivity index is 1.71. The number of carboxylic acid groups (broad SMARTS) is 1. The summed E-state index contributed by atoms with van der Waals surface area (Å²) in [5, 5.41) is 12.1. The van der Waals surface area contributed by atoms with Gasteiger partial charge in [0, 0.05) is 22.4 Å². The van der Waals surface area contributed by atoms with Crippen LogP contribution in [0.25, 0.3) is 0 Å². The first-order valence-electron chi connectivity index (χ1n) is 6.94. The van der Waals surface area contributed by atoms with E-state index in [0.29, 0.717) is 29.8 Å². The maximum absolute atomic E-state index is 13.8. The van der Waals surface area contributed by atoms with E-state index in [-0.39, 0.29) is 11.8 Å². The van der Waals surface area contributed by atoms with Gasteiger partial charge in [-0.05, 0) is 37.8 Å². The predicted molar refractivity (Wildman–Crippen MR) is 74.6 cm³/mol. The van der Waals surface area contributed by atoms with Gasteiger partial charge >= 0.3 is 5.97 Å². The predicted octanol–water partition coefficient (Wildman–Crippen LogP) is 2.71. The number of amides is 1. The lowest BCUT2D eigenvalue weighted by atomic mass is 9.76. The van der Waals surface area contributed by atoms with E-state index < -0.39 is 23.2 Å². The molecule has 1 aromatic rings. The molecule has 4 nitrogen and oxygen atoms in total. The highest BCUT2D eigenvalue weighted by molar-refractivity contribution is 6.31. The second-order valence-electron chi connectivity index (χ2n) is 5.81. The number of aliphatic carboxylic acids is 1. The van der Waals surface area contributed by atoms with E-state index in [1.165, 1.54) is 12.1 Å². The van der Waals surface area contributed by atoms with Crippen LogP contribution in [0.15, 0.2) is 18.2 Å². The van der Waals surface area contributed by atoms with Crippen molar-refractivity contribution in [2.75, 3.05) is 0 Å². The first kappa shape index (κ1) is 14.3. The molecule has 6 heteroatoms. The minimum Gasteiger partial charge on any atom is -0.480 e. The lowest BCUT2D eigenvalue weighted by molar-refractivity contribution is -0.152. The summed E-state index contributed by atoms with van der Waals surface area (Å²) in [4.78, 5) is 23.4. The maximum atomic E-state index is 13.8. The SMILES string of the molecule is O=C(NC1(C(=O)O)CCC1)[C@H]1C[C@H]1c1c(F)cccc1Cl. The van der Waals surface area contributed by atoms with Crippen molar-refractivity contribution in [2.45, 2.75) is 37.1 Å². The Morgan fingerprint density at radius 1 is 1.38 bits per heavy atom. The summed E-state index contributed by atoms with van der Waals surface area (Å²) in [6.45, 7) is 0. The van der Waals surface area contributed by atoms with Gasteiger partial charge in [0.25, 0.3) is 0 Å². The fourth-order valence-corrected chi connectivity index (χ4v) is 3.22. The zero-order chi connectivity index (χ0) is 15.2. The molecular weight excluding hydrogens is 297 g/mol. The van der Waals surface area contributed by atoms with Crippen molar-refractivity contribution >= 4 is 23.5 Å². The monoisotopic (exact) mass is 311 g/mol. The van der Waals surface area contributed by atoms with Gasteiger partial charge in [0.2, 0.25) is 5.91 Å². The minimum absolute atomic E-state index is 0.260. The molecule has 3 rings (SSSR count). The Bertz CT molecular complexity index is 595. The van der Waals surface area contributed by atoms with Gasteiger partial charge in [-0.1, -0.05) is 17.7 Å². The fraction of sp³-hybridized carbons (Fsp3) is 0.467. The molecule has 1 aromatic carbocycles. The standard InChI is InChI=1S/C15H15ClFNO3/c16-10-3-1-4-11(17)12(10)8-7-9(8)13(19)18-15(14(20)21)5-2-6-15/h1,3-4,8-9H,2,5-7H2,(H,18,19)(H,20,21)/t8-,9+/m1/s1. The molecule has 0 aliphatic heterocycles. The molecule has 0 unspecified atom stereocenters. The second-order valence-corrected chi connectivity index (χ2v) is 6.22. The van der Waals surface area contributed by atoms with Gasteiger partial charge in [0.05, 0.1) is 0 Å². The molecule has 0 bridgehead atoms. The second kappa shape index (κ2) is 4.98. The van der Waals surface area contributed by atoms with E-state index in [2.05, 4.69) is 5.32 Å². The Hall–Kier alpha value is -1.62. The molecule has 2 fully saturated rings. The Morgan fingerprint density at radius 2 is 2.10 bits per heavy atom. The van der Waals surface area contributed by atoms with Gasteiger partial charge in [-0.25, -0.2) is 9.18 Å². The van der Waals surface area contributed by atoms with E-state index in [0.717, 1.165) is 6.42 Å². The quantitative estimate of drug-likeness (QED) is 0.898. The molecule has 112 valence electrons. The number of carboxylic acids is 1. The number of nitrogens with one attached hydrogen (secondary N) is 1. The van der Waals surface area contributed by atoms with Crippen molar-refractivity contribution in [3.05, 3.63) is 34.6 Å². The zero-order valence-corrected chi connectivity index (χ0v) is 12.0. The molecule has 2 aliphatic carbocycles. The number of halogens is 2. The molecular formula is C15H15ClFNO3. The van der Waals surface area contributed by atoms with Crippen LogP contribution < -0.4 is 5.32 Å². The molecule has 2 saturated carbocycles. The Morgan fingerprint density at radius 3 is 2.62 bits per heavy atom. The molecule has 0 spiro atoms. The average molecular weight is 312 g/mol. The summed E-state index contributed by atoms with van der Waals surface area (Å²) < 4.78 is 13.8. The van der Waals surface area contributed by atoms with Gasteiger partial charge in [-0.2, -0.15) is 0 Å². The smallest absolute Gasteiger partial charge is 0.329 e. The molecule has 1 amide bonds. The van der Waals surface area contributed by atoms with Crippen LogP contribution in [-0.2, 0) is 9.59 Å². The van der Waals surface area contributed by atoms with Crippen LogP contribution in [-0.4, -0.2) is 22.5 Å². The molecule has 2 N–H and O–H groups in total. The number of benzene rings is 1. The molecule has 2 aliphatic rings. The minimum atomic E-state index is -1.12. The number of rotatable bonds is 4. The Labute approximate surface area is 126 Å². The van der Waals surface area contributed by atoms with Crippen molar-refractivity contribution in [3.8, 4) is 0 Å². The van der Waals surface area contributed by atoms with Crippen LogP contribution in [0.1, 0.15) is 37.2 Å². The topological polar surface area (TPSA) is 66.4 Å². The first-order valence-corrected chi connectivity index (χ1v) is 7.32. The van der Waals surface area contributed by atoms with Crippen molar-refractivity contribution in [3.63, 3.8) is 0 Å². The largest absolute Gasteiger partial charge is 0.480 e. The summed E-state index contributed by atoms with van der Waals surface area (Å²) in [5.41, 5.74) is -0.763. The lowest BCUT2D eigenvalue weighted by Gasteiger charge is -2.38. The van der Waals surface area contributed by atoms with Crippen LogP contribution in [0.3, 0.4) is 0 Å². The van der Waals surface area contributed by atoms with E-state index in [4.69, 9.17) is 11.6 Å². The number of carbonyl (C=O) groups is 2. The zero-order valence-electron chi connectivity index (χ0n) is 11.2. The normalized spacial score (nSPS) is 25.8. The van der Waals surface area contributed by atoms with Crippen LogP contribution in [0.4, 0.5) is 4.39 Å². The van der Waals surface area contributed by atoms with Gasteiger partial charge < -0.3 is 10.4 Å². The van der Waals surface area contributed by atoms with Gasteiger partial charge in [0.15, 0.2) is 0 Å². The molecule has 0 heterocycles. The van der Waals surface area contributed by atoms with E-state index in [1.54, 1.807) is 6.07 Å². The van der Waals surface area contributed by atoms with Crippen molar-refractivity contribution in [1.82, 2.24) is 5.32 Å². The first-order chi connectivity index (χ1) is 9.94. The van der Waals surface area contributed by atoms with Crippen molar-refractivity contribution in [1.29, 1.82) is 0 Å². The van der Waals surface area contributed by atoms with E-state index >= 15 is 0 Å². The molecule has 0 saturated heterocycles. The highest BCUT2D eigenvalue weighted by Gasteiger charge is 2.51. The number of hydrogen-bond donors (Lipinski definition) is 2. The van der Waals surface area contributed by atoms with Crippen molar-refractivity contribution < 1.29 is 19.1 Å². The number of carbonyl (C=O) groups excluding carboxylic acids is 1. The third kappa shape index (κ3) is 2.39. The summed E-state index contributed by atoms with van der Waals surface area (Å²) in [6.07, 6.45) is 2.19. The highest BCUT2D eigenvalue weighted by atomic mass is 35.5. The van der Waals surface area contributed by atoms with Gasteiger partial charge in [-0.3, -0.25) is 4.79 Å². The fourth-order valence-electron chi connectivity index (χ4n) is 2.92. The van der Waals surface area contributed by atoms with Crippen LogP contribution in [0.2, 0.25) is 5.02 Å². The van der Waals surface area contributed by atoms with Gasteiger partial charge in [0.1, 0.15) is 11.4 Å². The molecule has 0 radical (unpaired) electrons. The lowest BCUT2D eigenvalue weighted by Crippen LogP contribution is -2.59.